The Labute approximate surface area is 173 Å². The lowest BCUT2D eigenvalue weighted by molar-refractivity contribution is 0.102. The second kappa shape index (κ2) is 8.46. The molecular weight excluding hydrogens is 414 g/mol. The quantitative estimate of drug-likeness (QED) is 0.620. The van der Waals surface area contributed by atoms with Crippen LogP contribution in [0.25, 0.3) is 0 Å². The van der Waals surface area contributed by atoms with Gasteiger partial charge in [-0.05, 0) is 42.5 Å². The zero-order chi connectivity index (χ0) is 21.0. The Hall–Kier alpha value is -3.17. The third-order valence-electron chi connectivity index (χ3n) is 3.86. The molecule has 2 N–H and O–H groups in total. The number of carbonyl (C=O) groups is 1. The molecule has 0 aliphatic rings. The van der Waals surface area contributed by atoms with Crippen molar-refractivity contribution in [2.75, 3.05) is 29.0 Å². The second-order valence-corrected chi connectivity index (χ2v) is 8.33. The molecule has 0 saturated carbocycles. The van der Waals surface area contributed by atoms with Crippen molar-refractivity contribution >= 4 is 44.7 Å². The summed E-state index contributed by atoms with van der Waals surface area (Å²) in [7, 11) is -0.269. The van der Waals surface area contributed by atoms with Crippen LogP contribution >= 0.6 is 11.6 Å². The average Bonchev–Trinajstić information content (AvgIpc) is 2.70. The van der Waals surface area contributed by atoms with E-state index in [1.54, 1.807) is 41.3 Å². The van der Waals surface area contributed by atoms with Gasteiger partial charge in [0.1, 0.15) is 0 Å². The third kappa shape index (κ3) is 5.01. The summed E-state index contributed by atoms with van der Waals surface area (Å²) in [6.07, 6.45) is 0. The van der Waals surface area contributed by atoms with Gasteiger partial charge in [0.2, 0.25) is 0 Å². The molecular formula is C19H18ClN5O3S. The molecule has 0 saturated heterocycles. The molecule has 1 amide bonds. The number of carbonyl (C=O) groups excluding carboxylic acids is 1. The minimum absolute atomic E-state index is 0.0238. The molecule has 8 nitrogen and oxygen atoms in total. The van der Waals surface area contributed by atoms with Gasteiger partial charge in [-0.1, -0.05) is 29.8 Å². The lowest BCUT2D eigenvalue weighted by Crippen LogP contribution is -2.17. The summed E-state index contributed by atoms with van der Waals surface area (Å²) in [5, 5.41) is 10.7. The maximum absolute atomic E-state index is 12.7. The number of sulfonamides is 1. The van der Waals surface area contributed by atoms with E-state index >= 15 is 0 Å². The number of amides is 1. The van der Waals surface area contributed by atoms with Gasteiger partial charge in [-0.15, -0.1) is 10.2 Å². The minimum atomic E-state index is -3.89. The fourth-order valence-electron chi connectivity index (χ4n) is 2.37. The zero-order valence-corrected chi connectivity index (χ0v) is 17.2. The highest BCUT2D eigenvalue weighted by atomic mass is 35.5. The highest BCUT2D eigenvalue weighted by Gasteiger charge is 2.17. The Balaban J connectivity index is 1.78. The lowest BCUT2D eigenvalue weighted by atomic mass is 10.3. The van der Waals surface area contributed by atoms with Crippen LogP contribution in [0.1, 0.15) is 10.5 Å². The van der Waals surface area contributed by atoms with Gasteiger partial charge < -0.3 is 10.2 Å². The molecule has 3 rings (SSSR count). The topological polar surface area (TPSA) is 104 Å². The molecule has 0 aliphatic carbocycles. The Morgan fingerprint density at radius 2 is 1.76 bits per heavy atom. The second-order valence-electron chi connectivity index (χ2n) is 6.24. The predicted molar refractivity (Wildman–Crippen MR) is 113 cm³/mol. The van der Waals surface area contributed by atoms with E-state index in [0.717, 1.165) is 0 Å². The molecule has 0 unspecified atom stereocenters. The molecule has 0 aliphatic heterocycles. The molecule has 1 heterocycles. The van der Waals surface area contributed by atoms with E-state index in [0.29, 0.717) is 11.5 Å². The fourth-order valence-corrected chi connectivity index (χ4v) is 3.73. The van der Waals surface area contributed by atoms with Crippen LogP contribution in [0.5, 0.6) is 0 Å². The number of halogens is 1. The van der Waals surface area contributed by atoms with Gasteiger partial charge in [-0.2, -0.15) is 0 Å². The highest BCUT2D eigenvalue weighted by Crippen LogP contribution is 2.25. The van der Waals surface area contributed by atoms with E-state index in [9.17, 15) is 13.2 Å². The van der Waals surface area contributed by atoms with Gasteiger partial charge in [-0.25, -0.2) is 8.42 Å². The average molecular weight is 432 g/mol. The number of rotatable bonds is 6. The molecule has 1 aromatic heterocycles. The number of para-hydroxylation sites is 1. The maximum Gasteiger partial charge on any atom is 0.276 e. The first-order chi connectivity index (χ1) is 13.8. The zero-order valence-electron chi connectivity index (χ0n) is 15.6. The van der Waals surface area contributed by atoms with Crippen LogP contribution in [0.2, 0.25) is 5.02 Å². The summed E-state index contributed by atoms with van der Waals surface area (Å²) < 4.78 is 27.7. The van der Waals surface area contributed by atoms with Crippen molar-refractivity contribution in [3.63, 3.8) is 0 Å². The molecule has 29 heavy (non-hydrogen) atoms. The largest absolute Gasteiger partial charge is 0.361 e. The summed E-state index contributed by atoms with van der Waals surface area (Å²) in [6, 6.07) is 15.6. The smallest absolute Gasteiger partial charge is 0.276 e. The van der Waals surface area contributed by atoms with Crippen molar-refractivity contribution in [2.24, 2.45) is 0 Å². The fraction of sp³-hybridized carbons (Fsp3) is 0.105. The Bertz CT molecular complexity index is 1130. The van der Waals surface area contributed by atoms with Crippen LogP contribution in [-0.2, 0) is 10.0 Å². The first-order valence-corrected chi connectivity index (χ1v) is 10.3. The van der Waals surface area contributed by atoms with Crippen LogP contribution < -0.4 is 14.9 Å². The molecule has 0 atom stereocenters. The van der Waals surface area contributed by atoms with E-state index in [1.807, 2.05) is 14.1 Å². The molecule has 0 fully saturated rings. The number of anilines is 3. The van der Waals surface area contributed by atoms with Gasteiger partial charge in [-0.3, -0.25) is 9.52 Å². The van der Waals surface area contributed by atoms with Crippen molar-refractivity contribution in [1.29, 1.82) is 0 Å². The Morgan fingerprint density at radius 1 is 1.00 bits per heavy atom. The van der Waals surface area contributed by atoms with E-state index in [2.05, 4.69) is 20.2 Å². The van der Waals surface area contributed by atoms with E-state index < -0.39 is 15.9 Å². The highest BCUT2D eigenvalue weighted by molar-refractivity contribution is 7.92. The SMILES string of the molecule is CN(C)c1ccc(C(=O)Nc2cccc(S(=O)(=O)Nc3ccccc3Cl)c2)nn1. The number of hydrogen-bond donors (Lipinski definition) is 2. The number of aromatic nitrogens is 2. The van der Waals surface area contributed by atoms with Crippen LogP contribution in [0, 0.1) is 0 Å². The predicted octanol–water partition coefficient (Wildman–Crippen LogP) is 3.25. The van der Waals surface area contributed by atoms with Gasteiger partial charge in [0.05, 0.1) is 15.6 Å². The number of nitrogens with one attached hydrogen (secondary N) is 2. The van der Waals surface area contributed by atoms with Crippen LogP contribution in [0.3, 0.4) is 0 Å². The minimum Gasteiger partial charge on any atom is -0.361 e. The van der Waals surface area contributed by atoms with Gasteiger partial charge >= 0.3 is 0 Å². The van der Waals surface area contributed by atoms with Crippen molar-refractivity contribution in [3.05, 3.63) is 71.4 Å². The summed E-state index contributed by atoms with van der Waals surface area (Å²) in [4.78, 5) is 14.1. The molecule has 0 bridgehead atoms. The van der Waals surface area contributed by atoms with Gasteiger partial charge in [0.15, 0.2) is 11.5 Å². The number of benzene rings is 2. The molecule has 2 aromatic carbocycles. The van der Waals surface area contributed by atoms with Crippen LogP contribution in [0.4, 0.5) is 17.2 Å². The van der Waals surface area contributed by atoms with Gasteiger partial charge in [0, 0.05) is 19.8 Å². The van der Waals surface area contributed by atoms with Crippen LogP contribution in [-0.4, -0.2) is 38.6 Å². The van der Waals surface area contributed by atoms with Crippen molar-refractivity contribution in [3.8, 4) is 0 Å². The molecule has 3 aromatic rings. The third-order valence-corrected chi connectivity index (χ3v) is 5.55. The lowest BCUT2D eigenvalue weighted by Gasteiger charge is -2.12. The molecule has 0 spiro atoms. The molecule has 10 heteroatoms. The van der Waals surface area contributed by atoms with E-state index in [1.165, 1.54) is 24.3 Å². The summed E-state index contributed by atoms with van der Waals surface area (Å²) >= 11 is 6.02. The first kappa shape index (κ1) is 20.6. The summed E-state index contributed by atoms with van der Waals surface area (Å²) in [6.45, 7) is 0. The monoisotopic (exact) mass is 431 g/mol. The summed E-state index contributed by atoms with van der Waals surface area (Å²) in [5.41, 5.74) is 0.674. The van der Waals surface area contributed by atoms with E-state index in [-0.39, 0.29) is 21.3 Å². The Kier molecular flexibility index (Phi) is 6.00. The maximum atomic E-state index is 12.7. The summed E-state index contributed by atoms with van der Waals surface area (Å²) in [5.74, 6) is 0.108. The Morgan fingerprint density at radius 3 is 2.41 bits per heavy atom. The van der Waals surface area contributed by atoms with Crippen LogP contribution in [0.15, 0.2) is 65.6 Å². The number of hydrogen-bond acceptors (Lipinski definition) is 6. The van der Waals surface area contributed by atoms with Crippen molar-refractivity contribution in [2.45, 2.75) is 4.90 Å². The van der Waals surface area contributed by atoms with Crippen molar-refractivity contribution in [1.82, 2.24) is 10.2 Å². The van der Waals surface area contributed by atoms with Gasteiger partial charge in [0.25, 0.3) is 15.9 Å². The molecule has 150 valence electrons. The van der Waals surface area contributed by atoms with Crippen molar-refractivity contribution < 1.29 is 13.2 Å². The standard InChI is InChI=1S/C19H18ClN5O3S/c1-25(2)18-11-10-17(22-23-18)19(26)21-13-6-5-7-14(12-13)29(27,28)24-16-9-4-3-8-15(16)20/h3-12,24H,1-2H3,(H,21,26). The molecule has 0 radical (unpaired) electrons. The first-order valence-electron chi connectivity index (χ1n) is 8.46. The number of nitrogens with zero attached hydrogens (tertiary/aromatic N) is 3. The van der Waals surface area contributed by atoms with E-state index in [4.69, 9.17) is 11.6 Å². The normalized spacial score (nSPS) is 11.0.